The number of hydrogen-bond donors (Lipinski definition) is 1. The van der Waals surface area contributed by atoms with Crippen LogP contribution in [-0.2, 0) is 17.9 Å². The molecule has 0 bridgehead atoms. The quantitative estimate of drug-likeness (QED) is 0.931. The molecule has 0 aromatic carbocycles. The van der Waals surface area contributed by atoms with Gasteiger partial charge in [-0.05, 0) is 17.5 Å². The molecule has 1 N–H and O–H groups in total. The molecule has 0 spiro atoms. The van der Waals surface area contributed by atoms with E-state index in [1.165, 1.54) is 10.6 Å². The Hall–Kier alpha value is -1.66. The molecule has 20 heavy (non-hydrogen) atoms. The van der Waals surface area contributed by atoms with Crippen LogP contribution in [0.1, 0.15) is 23.0 Å². The molecule has 1 unspecified atom stereocenters. The van der Waals surface area contributed by atoms with Gasteiger partial charge in [0, 0.05) is 37.8 Å². The van der Waals surface area contributed by atoms with E-state index in [2.05, 4.69) is 32.8 Å². The molecule has 1 amide bonds. The predicted molar refractivity (Wildman–Crippen MR) is 78.4 cm³/mol. The summed E-state index contributed by atoms with van der Waals surface area (Å²) < 4.78 is 2.00. The topological polar surface area (TPSA) is 50.2 Å². The lowest BCUT2D eigenvalue weighted by atomic mass is 10.1. The first-order valence-corrected chi connectivity index (χ1v) is 7.62. The molecule has 106 valence electrons. The van der Waals surface area contributed by atoms with Gasteiger partial charge in [0.1, 0.15) is 0 Å². The molecular weight excluding hydrogens is 272 g/mol. The van der Waals surface area contributed by atoms with Crippen molar-refractivity contribution >= 4 is 17.2 Å². The fourth-order valence-electron chi connectivity index (χ4n) is 2.68. The third kappa shape index (κ3) is 2.76. The van der Waals surface area contributed by atoms with Crippen LogP contribution < -0.4 is 5.32 Å². The number of rotatable bonds is 4. The fraction of sp³-hybridized carbons (Fsp3) is 0.429. The molecule has 0 aliphatic carbocycles. The minimum atomic E-state index is 0.0643. The van der Waals surface area contributed by atoms with Crippen molar-refractivity contribution in [2.75, 3.05) is 13.6 Å². The summed E-state index contributed by atoms with van der Waals surface area (Å²) in [6.45, 7) is 2.69. The van der Waals surface area contributed by atoms with Gasteiger partial charge >= 0.3 is 0 Å². The van der Waals surface area contributed by atoms with Gasteiger partial charge < -0.3 is 5.32 Å². The molecule has 1 aliphatic rings. The third-order valence-corrected chi connectivity index (χ3v) is 4.47. The number of nitrogens with zero attached hydrogens (tertiary/aromatic N) is 3. The van der Waals surface area contributed by atoms with Crippen molar-refractivity contribution in [3.8, 4) is 0 Å². The SMILES string of the molecule is CNC(=O)CC1CN(Cc2cccs2)Cc2ccnn21. The van der Waals surface area contributed by atoms with Crippen molar-refractivity contribution in [3.05, 3.63) is 40.3 Å². The molecule has 2 aromatic rings. The van der Waals surface area contributed by atoms with E-state index in [9.17, 15) is 4.79 Å². The summed E-state index contributed by atoms with van der Waals surface area (Å²) in [4.78, 5) is 15.4. The highest BCUT2D eigenvalue weighted by Crippen LogP contribution is 2.25. The van der Waals surface area contributed by atoms with Gasteiger partial charge in [0.05, 0.1) is 18.2 Å². The Balaban J connectivity index is 1.75. The van der Waals surface area contributed by atoms with Crippen molar-refractivity contribution < 1.29 is 4.79 Å². The van der Waals surface area contributed by atoms with E-state index >= 15 is 0 Å². The summed E-state index contributed by atoms with van der Waals surface area (Å²) in [5.41, 5.74) is 1.18. The lowest BCUT2D eigenvalue weighted by molar-refractivity contribution is -0.121. The second-order valence-corrected chi connectivity index (χ2v) is 6.08. The first-order chi connectivity index (χ1) is 9.76. The largest absolute Gasteiger partial charge is 0.359 e. The Morgan fingerprint density at radius 2 is 2.45 bits per heavy atom. The number of aromatic nitrogens is 2. The summed E-state index contributed by atoms with van der Waals surface area (Å²) in [6.07, 6.45) is 2.30. The van der Waals surface area contributed by atoms with Crippen molar-refractivity contribution in [2.24, 2.45) is 0 Å². The molecule has 1 atom stereocenters. The molecule has 5 nitrogen and oxygen atoms in total. The third-order valence-electron chi connectivity index (χ3n) is 3.61. The van der Waals surface area contributed by atoms with E-state index in [4.69, 9.17) is 0 Å². The molecule has 1 aliphatic heterocycles. The number of fused-ring (bicyclic) bond motifs is 1. The molecular formula is C14H18N4OS. The molecule has 3 rings (SSSR count). The van der Waals surface area contributed by atoms with Gasteiger partial charge in [-0.1, -0.05) is 6.07 Å². The van der Waals surface area contributed by atoms with Crippen LogP contribution in [0.2, 0.25) is 0 Å². The molecule has 6 heteroatoms. The molecule has 0 saturated heterocycles. The zero-order chi connectivity index (χ0) is 13.9. The highest BCUT2D eigenvalue weighted by molar-refractivity contribution is 7.09. The standard InChI is InChI=1S/C14H18N4OS/c1-15-14(19)7-12-9-17(10-13-3-2-6-20-13)8-11-4-5-16-18(11)12/h2-6,12H,7-10H2,1H3,(H,15,19). The number of nitrogens with one attached hydrogen (secondary N) is 1. The van der Waals surface area contributed by atoms with Crippen molar-refractivity contribution in [3.63, 3.8) is 0 Å². The van der Waals surface area contributed by atoms with Crippen LogP contribution in [0, 0.1) is 0 Å². The van der Waals surface area contributed by atoms with Gasteiger partial charge in [-0.3, -0.25) is 14.4 Å². The molecule has 0 fully saturated rings. The van der Waals surface area contributed by atoms with E-state index in [0.29, 0.717) is 6.42 Å². The van der Waals surface area contributed by atoms with E-state index in [1.807, 2.05) is 16.9 Å². The van der Waals surface area contributed by atoms with E-state index in [1.54, 1.807) is 18.4 Å². The highest BCUT2D eigenvalue weighted by atomic mass is 32.1. The highest BCUT2D eigenvalue weighted by Gasteiger charge is 2.27. The van der Waals surface area contributed by atoms with E-state index in [0.717, 1.165) is 19.6 Å². The molecule has 0 saturated carbocycles. The minimum absolute atomic E-state index is 0.0643. The maximum Gasteiger partial charge on any atom is 0.221 e. The smallest absolute Gasteiger partial charge is 0.221 e. The van der Waals surface area contributed by atoms with Crippen LogP contribution in [0.15, 0.2) is 29.8 Å². The van der Waals surface area contributed by atoms with Crippen LogP contribution in [0.5, 0.6) is 0 Å². The Morgan fingerprint density at radius 1 is 1.55 bits per heavy atom. The van der Waals surface area contributed by atoms with Gasteiger partial charge in [-0.25, -0.2) is 0 Å². The molecule has 2 aromatic heterocycles. The normalized spacial score (nSPS) is 18.8. The zero-order valence-corrected chi connectivity index (χ0v) is 12.3. The van der Waals surface area contributed by atoms with Crippen molar-refractivity contribution in [1.82, 2.24) is 20.0 Å². The summed E-state index contributed by atoms with van der Waals surface area (Å²) in [7, 11) is 1.68. The molecule has 3 heterocycles. The van der Waals surface area contributed by atoms with E-state index < -0.39 is 0 Å². The lowest BCUT2D eigenvalue weighted by Crippen LogP contribution is -2.39. The van der Waals surface area contributed by atoms with Crippen LogP contribution in [-0.4, -0.2) is 34.2 Å². The summed E-state index contributed by atoms with van der Waals surface area (Å²) in [6, 6.07) is 6.39. The summed E-state index contributed by atoms with van der Waals surface area (Å²) in [5.74, 6) is 0.0643. The van der Waals surface area contributed by atoms with Gasteiger partial charge in [-0.2, -0.15) is 5.10 Å². The van der Waals surface area contributed by atoms with Crippen molar-refractivity contribution in [1.29, 1.82) is 0 Å². The number of carbonyl (C=O) groups excluding carboxylic acids is 1. The zero-order valence-electron chi connectivity index (χ0n) is 11.5. The second-order valence-electron chi connectivity index (χ2n) is 5.05. The first kappa shape index (κ1) is 13.3. The van der Waals surface area contributed by atoms with Gasteiger partial charge in [0.15, 0.2) is 0 Å². The summed E-state index contributed by atoms with van der Waals surface area (Å²) in [5, 5.41) is 9.17. The minimum Gasteiger partial charge on any atom is -0.359 e. The first-order valence-electron chi connectivity index (χ1n) is 6.74. The average molecular weight is 290 g/mol. The monoisotopic (exact) mass is 290 g/mol. The number of carbonyl (C=O) groups is 1. The Labute approximate surface area is 122 Å². The number of thiophene rings is 1. The lowest BCUT2D eigenvalue weighted by Gasteiger charge is -2.33. The fourth-order valence-corrected chi connectivity index (χ4v) is 3.42. The second kappa shape index (κ2) is 5.76. The van der Waals surface area contributed by atoms with Crippen LogP contribution in [0.25, 0.3) is 0 Å². The maximum atomic E-state index is 11.7. The Morgan fingerprint density at radius 3 is 3.20 bits per heavy atom. The Kier molecular flexibility index (Phi) is 3.84. The van der Waals surface area contributed by atoms with Gasteiger partial charge in [0.2, 0.25) is 5.91 Å². The maximum absolute atomic E-state index is 11.7. The van der Waals surface area contributed by atoms with Crippen molar-refractivity contribution in [2.45, 2.75) is 25.6 Å². The number of hydrogen-bond acceptors (Lipinski definition) is 4. The van der Waals surface area contributed by atoms with Gasteiger partial charge in [0.25, 0.3) is 0 Å². The van der Waals surface area contributed by atoms with Crippen LogP contribution in [0.3, 0.4) is 0 Å². The predicted octanol–water partition coefficient (Wildman–Crippen LogP) is 1.64. The Bertz CT molecular complexity index is 578. The average Bonchev–Trinajstić information content (AvgIpc) is 3.09. The summed E-state index contributed by atoms with van der Waals surface area (Å²) >= 11 is 1.78. The van der Waals surface area contributed by atoms with Gasteiger partial charge in [-0.15, -0.1) is 11.3 Å². The molecule has 0 radical (unpaired) electrons. The number of amides is 1. The van der Waals surface area contributed by atoms with Crippen LogP contribution in [0.4, 0.5) is 0 Å². The van der Waals surface area contributed by atoms with E-state index in [-0.39, 0.29) is 11.9 Å². The van der Waals surface area contributed by atoms with Crippen LogP contribution >= 0.6 is 11.3 Å².